The van der Waals surface area contributed by atoms with Crippen molar-refractivity contribution in [2.75, 3.05) is 39.3 Å². The summed E-state index contributed by atoms with van der Waals surface area (Å²) in [7, 11) is 0. The smallest absolute Gasteiger partial charge is 0.248 e. The molecule has 3 amide bonds. The topological polar surface area (TPSA) is 90.4 Å². The van der Waals surface area contributed by atoms with E-state index in [1.54, 1.807) is 26.9 Å². The molecule has 0 aromatic carbocycles. The summed E-state index contributed by atoms with van der Waals surface area (Å²) < 4.78 is 6.71. The lowest BCUT2D eigenvalue weighted by Gasteiger charge is -2.37. The minimum atomic E-state index is -1.03. The molecule has 0 radical (unpaired) electrons. The van der Waals surface area contributed by atoms with Gasteiger partial charge in [0.15, 0.2) is 0 Å². The molecule has 8 heteroatoms. The summed E-state index contributed by atoms with van der Waals surface area (Å²) in [5.74, 6) is -1.80. The Labute approximate surface area is 216 Å². The largest absolute Gasteiger partial charge is 0.396 e. The number of likely N-dealkylation sites (tertiary alicyclic amines) is 1. The van der Waals surface area contributed by atoms with Crippen LogP contribution in [0.25, 0.3) is 0 Å². The van der Waals surface area contributed by atoms with Crippen LogP contribution in [0.5, 0.6) is 0 Å². The highest BCUT2D eigenvalue weighted by molar-refractivity contribution is 5.99. The van der Waals surface area contributed by atoms with Gasteiger partial charge in [-0.25, -0.2) is 0 Å². The number of rotatable bonds is 15. The summed E-state index contributed by atoms with van der Waals surface area (Å²) in [5, 5.41) is 9.53. The van der Waals surface area contributed by atoms with Gasteiger partial charge in [-0.3, -0.25) is 14.4 Å². The summed E-state index contributed by atoms with van der Waals surface area (Å²) in [6.45, 7) is 15.8. The van der Waals surface area contributed by atoms with Crippen molar-refractivity contribution >= 4 is 17.7 Å². The first-order valence-corrected chi connectivity index (χ1v) is 13.7. The van der Waals surface area contributed by atoms with E-state index in [2.05, 4.69) is 20.1 Å². The second-order valence-corrected chi connectivity index (χ2v) is 10.7. The van der Waals surface area contributed by atoms with E-state index in [0.717, 1.165) is 25.7 Å². The molecule has 3 fully saturated rings. The third kappa shape index (κ3) is 4.86. The highest BCUT2D eigenvalue weighted by atomic mass is 16.5. The first kappa shape index (κ1) is 28.4. The minimum absolute atomic E-state index is 0.0836. The van der Waals surface area contributed by atoms with Crippen LogP contribution in [-0.4, -0.2) is 94.1 Å². The number of aliphatic hydroxyl groups is 1. The Balaban J connectivity index is 2.02. The lowest BCUT2D eigenvalue weighted by atomic mass is 9.66. The highest BCUT2D eigenvalue weighted by Crippen LogP contribution is 2.63. The molecule has 3 heterocycles. The molecular weight excluding hydrogens is 458 g/mol. The van der Waals surface area contributed by atoms with E-state index in [0.29, 0.717) is 45.4 Å². The molecule has 0 aromatic heterocycles. The minimum Gasteiger partial charge on any atom is -0.396 e. The molecule has 202 valence electrons. The van der Waals surface area contributed by atoms with E-state index in [1.807, 2.05) is 13.8 Å². The first-order valence-electron chi connectivity index (χ1n) is 13.7. The Kier molecular flexibility index (Phi) is 9.39. The van der Waals surface area contributed by atoms with Crippen molar-refractivity contribution in [2.24, 2.45) is 11.8 Å². The van der Waals surface area contributed by atoms with Gasteiger partial charge in [-0.15, -0.1) is 13.2 Å². The number of fused-ring (bicyclic) bond motifs is 1. The fourth-order valence-corrected chi connectivity index (χ4v) is 6.65. The number of amides is 3. The number of hydrogen-bond acceptors (Lipinski definition) is 5. The van der Waals surface area contributed by atoms with Gasteiger partial charge in [0.1, 0.15) is 11.6 Å². The number of unbranched alkanes of at least 4 members (excludes halogenated alkanes) is 2. The maximum Gasteiger partial charge on any atom is 0.248 e. The van der Waals surface area contributed by atoms with Crippen LogP contribution in [0, 0.1) is 11.8 Å². The van der Waals surface area contributed by atoms with Gasteiger partial charge in [-0.1, -0.05) is 38.8 Å². The predicted octanol–water partition coefficient (Wildman–Crippen LogP) is 2.76. The molecule has 2 bridgehead atoms. The van der Waals surface area contributed by atoms with Crippen molar-refractivity contribution in [3.63, 3.8) is 0 Å². The van der Waals surface area contributed by atoms with Crippen LogP contribution < -0.4 is 0 Å². The van der Waals surface area contributed by atoms with Crippen molar-refractivity contribution in [2.45, 2.75) is 83.0 Å². The van der Waals surface area contributed by atoms with Crippen molar-refractivity contribution < 1.29 is 24.2 Å². The zero-order valence-corrected chi connectivity index (χ0v) is 22.4. The van der Waals surface area contributed by atoms with Gasteiger partial charge in [0.25, 0.3) is 0 Å². The molecule has 0 saturated carbocycles. The quantitative estimate of drug-likeness (QED) is 0.274. The van der Waals surface area contributed by atoms with Crippen LogP contribution in [-0.2, 0) is 19.1 Å². The lowest BCUT2D eigenvalue weighted by Crippen LogP contribution is -2.56. The van der Waals surface area contributed by atoms with E-state index in [-0.39, 0.29) is 30.9 Å². The second kappa shape index (κ2) is 11.9. The van der Waals surface area contributed by atoms with Crippen molar-refractivity contribution in [1.82, 2.24) is 14.7 Å². The van der Waals surface area contributed by atoms with Crippen LogP contribution in [0.15, 0.2) is 25.3 Å². The monoisotopic (exact) mass is 503 g/mol. The number of aliphatic hydroxyl groups excluding tert-OH is 1. The van der Waals surface area contributed by atoms with Gasteiger partial charge in [0, 0.05) is 39.3 Å². The average Bonchev–Trinajstić information content (AvgIpc) is 3.42. The molecule has 2 unspecified atom stereocenters. The van der Waals surface area contributed by atoms with E-state index >= 15 is 0 Å². The molecule has 1 spiro atoms. The van der Waals surface area contributed by atoms with E-state index in [1.165, 1.54) is 0 Å². The van der Waals surface area contributed by atoms with Crippen molar-refractivity contribution in [1.29, 1.82) is 0 Å². The molecule has 8 nitrogen and oxygen atoms in total. The molecule has 3 aliphatic heterocycles. The summed E-state index contributed by atoms with van der Waals surface area (Å²) >= 11 is 0. The molecule has 0 aliphatic carbocycles. The molecule has 5 atom stereocenters. The number of carbonyl (C=O) groups is 3. The predicted molar refractivity (Wildman–Crippen MR) is 139 cm³/mol. The SMILES string of the molecule is C=CCN(CCCCC)C(=O)C1N(CCCO)C(=O)[C@@H]2[C@H](C(=O)N(CC=C)CCC)[C@]3(C)CCC12O3. The summed E-state index contributed by atoms with van der Waals surface area (Å²) in [5.41, 5.74) is -1.83. The molecule has 3 saturated heterocycles. The Morgan fingerprint density at radius 1 is 1.06 bits per heavy atom. The van der Waals surface area contributed by atoms with E-state index < -0.39 is 29.1 Å². The van der Waals surface area contributed by atoms with Gasteiger partial charge in [0.2, 0.25) is 17.7 Å². The summed E-state index contributed by atoms with van der Waals surface area (Å²) in [6.07, 6.45) is 8.68. The van der Waals surface area contributed by atoms with Gasteiger partial charge >= 0.3 is 0 Å². The lowest BCUT2D eigenvalue weighted by molar-refractivity contribution is -0.153. The second-order valence-electron chi connectivity index (χ2n) is 10.7. The van der Waals surface area contributed by atoms with Crippen LogP contribution in [0.1, 0.15) is 65.7 Å². The Morgan fingerprint density at radius 3 is 2.31 bits per heavy atom. The number of hydrogen-bond donors (Lipinski definition) is 1. The summed E-state index contributed by atoms with van der Waals surface area (Å²) in [4.78, 5) is 47.2. The van der Waals surface area contributed by atoms with Crippen LogP contribution in [0.3, 0.4) is 0 Å². The van der Waals surface area contributed by atoms with Gasteiger partial charge in [-0.2, -0.15) is 0 Å². The highest BCUT2D eigenvalue weighted by Gasteiger charge is 2.78. The van der Waals surface area contributed by atoms with Crippen molar-refractivity contribution in [3.8, 4) is 0 Å². The normalized spacial score (nSPS) is 30.4. The number of carbonyl (C=O) groups excluding carboxylic acids is 3. The zero-order valence-electron chi connectivity index (χ0n) is 22.4. The van der Waals surface area contributed by atoms with Crippen LogP contribution in [0.2, 0.25) is 0 Å². The Hall–Kier alpha value is -2.19. The van der Waals surface area contributed by atoms with Crippen molar-refractivity contribution in [3.05, 3.63) is 25.3 Å². The fourth-order valence-electron chi connectivity index (χ4n) is 6.65. The van der Waals surface area contributed by atoms with Crippen LogP contribution in [0.4, 0.5) is 0 Å². The molecular formula is C28H45N3O5. The van der Waals surface area contributed by atoms with Gasteiger partial charge in [0.05, 0.1) is 17.4 Å². The first-order chi connectivity index (χ1) is 17.3. The van der Waals surface area contributed by atoms with E-state index in [9.17, 15) is 19.5 Å². The van der Waals surface area contributed by atoms with Gasteiger partial charge < -0.3 is 24.5 Å². The molecule has 0 aromatic rings. The van der Waals surface area contributed by atoms with Gasteiger partial charge in [-0.05, 0) is 39.0 Å². The third-order valence-electron chi connectivity index (χ3n) is 8.18. The maximum atomic E-state index is 14.1. The third-order valence-corrected chi connectivity index (χ3v) is 8.18. The molecule has 3 aliphatic rings. The van der Waals surface area contributed by atoms with Crippen LogP contribution >= 0.6 is 0 Å². The Bertz CT molecular complexity index is 847. The fraction of sp³-hybridized carbons (Fsp3) is 0.750. The standard InChI is InChI=1S/C28H45N3O5/c1-6-10-11-18-30(17-9-4)26(35)23-28-14-13-27(5,36-28)21(24(33)29(15-7-2)16-8-3)22(28)25(34)31(23)19-12-20-32/h7,9,21-23,32H,2,4,6,8,10-20H2,1,3,5H3/t21-,22+,23?,27+,28?/m1/s1. The number of nitrogens with zero attached hydrogens (tertiary/aromatic N) is 3. The molecule has 36 heavy (non-hydrogen) atoms. The zero-order chi connectivity index (χ0) is 26.5. The van der Waals surface area contributed by atoms with E-state index in [4.69, 9.17) is 4.74 Å². The Morgan fingerprint density at radius 2 is 1.72 bits per heavy atom. The molecule has 3 rings (SSSR count). The average molecular weight is 504 g/mol. The summed E-state index contributed by atoms with van der Waals surface area (Å²) in [6, 6.07) is -0.804. The number of ether oxygens (including phenoxy) is 1. The maximum absolute atomic E-state index is 14.1. The molecule has 1 N–H and O–H groups in total.